The molecule has 0 unspecified atom stereocenters. The van der Waals surface area contributed by atoms with Gasteiger partial charge in [0.1, 0.15) is 0 Å². The molecule has 0 radical (unpaired) electrons. The maximum atomic E-state index is 11.2. The fourth-order valence-electron chi connectivity index (χ4n) is 0.945. The quantitative estimate of drug-likeness (QED) is 0.825. The lowest BCUT2D eigenvalue weighted by atomic mass is 10.1. The van der Waals surface area contributed by atoms with Gasteiger partial charge in [-0.2, -0.15) is 0 Å². The molecule has 12 heavy (non-hydrogen) atoms. The molecule has 1 aromatic heterocycles. The minimum Gasteiger partial charge on any atom is -0.327 e. The number of aromatic nitrogens is 1. The van der Waals surface area contributed by atoms with Gasteiger partial charge in [0.15, 0.2) is 0 Å². The topological polar surface area (TPSA) is 32.9 Å². The number of pyridine rings is 1. The third-order valence-corrected chi connectivity index (χ3v) is 2.19. The van der Waals surface area contributed by atoms with E-state index >= 15 is 0 Å². The van der Waals surface area contributed by atoms with Crippen LogP contribution in [0, 0.1) is 0 Å². The van der Waals surface area contributed by atoms with Crippen molar-refractivity contribution in [1.29, 1.82) is 0 Å². The zero-order valence-electron chi connectivity index (χ0n) is 6.43. The summed E-state index contributed by atoms with van der Waals surface area (Å²) in [4.78, 5) is 13.8. The third kappa shape index (κ3) is 1.41. The van der Waals surface area contributed by atoms with Crippen LogP contribution in [-0.2, 0) is 0 Å². The molecule has 1 N–H and O–H groups in total. The lowest BCUT2D eigenvalue weighted by Gasteiger charge is -2.00. The van der Waals surface area contributed by atoms with E-state index in [1.807, 2.05) is 0 Å². The first kappa shape index (κ1) is 9.00. The van der Waals surface area contributed by atoms with E-state index in [1.54, 1.807) is 12.3 Å². The first-order valence-electron chi connectivity index (χ1n) is 3.36. The molecule has 0 bridgehead atoms. The standard InChI is InChI=1S/C9H8BrNO/c1-3-6-7(4-2)9(12)11-5-8(6)10/h3-5H,1-2H2,(H,11,12). The van der Waals surface area contributed by atoms with Crippen LogP contribution in [0.2, 0.25) is 0 Å². The number of rotatable bonds is 2. The van der Waals surface area contributed by atoms with Crippen LogP contribution < -0.4 is 5.56 Å². The van der Waals surface area contributed by atoms with Crippen molar-refractivity contribution in [3.63, 3.8) is 0 Å². The normalized spacial score (nSPS) is 9.42. The van der Waals surface area contributed by atoms with Crippen molar-refractivity contribution in [2.75, 3.05) is 0 Å². The van der Waals surface area contributed by atoms with Gasteiger partial charge >= 0.3 is 0 Å². The monoisotopic (exact) mass is 225 g/mol. The highest BCUT2D eigenvalue weighted by molar-refractivity contribution is 9.10. The van der Waals surface area contributed by atoms with Crippen molar-refractivity contribution < 1.29 is 0 Å². The molecule has 0 aromatic carbocycles. The molecule has 2 nitrogen and oxygen atoms in total. The summed E-state index contributed by atoms with van der Waals surface area (Å²) in [5.41, 5.74) is 1.16. The molecule has 0 saturated heterocycles. The minimum atomic E-state index is -0.150. The number of H-pyrrole nitrogens is 1. The lowest BCUT2D eigenvalue weighted by molar-refractivity contribution is 1.20. The van der Waals surface area contributed by atoms with E-state index in [9.17, 15) is 4.79 Å². The summed E-state index contributed by atoms with van der Waals surface area (Å²) in [6.45, 7) is 7.16. The Morgan fingerprint density at radius 2 is 1.92 bits per heavy atom. The van der Waals surface area contributed by atoms with Crippen LogP contribution in [0.25, 0.3) is 12.2 Å². The highest BCUT2D eigenvalue weighted by Gasteiger charge is 2.03. The van der Waals surface area contributed by atoms with Gasteiger partial charge in [-0.3, -0.25) is 4.79 Å². The van der Waals surface area contributed by atoms with E-state index in [0.717, 1.165) is 10.0 Å². The fourth-order valence-corrected chi connectivity index (χ4v) is 1.44. The summed E-state index contributed by atoms with van der Waals surface area (Å²) in [7, 11) is 0. The highest BCUT2D eigenvalue weighted by atomic mass is 79.9. The van der Waals surface area contributed by atoms with Crippen LogP contribution in [0.5, 0.6) is 0 Å². The summed E-state index contributed by atoms with van der Waals surface area (Å²) < 4.78 is 0.812. The highest BCUT2D eigenvalue weighted by Crippen LogP contribution is 2.18. The van der Waals surface area contributed by atoms with Crippen LogP contribution in [-0.4, -0.2) is 4.98 Å². The van der Waals surface area contributed by atoms with Gasteiger partial charge in [-0.25, -0.2) is 0 Å². The maximum absolute atomic E-state index is 11.2. The first-order chi connectivity index (χ1) is 5.70. The van der Waals surface area contributed by atoms with Gasteiger partial charge in [-0.15, -0.1) is 0 Å². The lowest BCUT2D eigenvalue weighted by Crippen LogP contribution is -2.10. The molecule has 0 aliphatic heterocycles. The molecule has 0 amide bonds. The second-order valence-electron chi connectivity index (χ2n) is 2.20. The largest absolute Gasteiger partial charge is 0.327 e. The Kier molecular flexibility index (Phi) is 2.65. The summed E-state index contributed by atoms with van der Waals surface area (Å²) in [6, 6.07) is 0. The zero-order valence-corrected chi connectivity index (χ0v) is 8.02. The Bertz CT molecular complexity index is 379. The fraction of sp³-hybridized carbons (Fsp3) is 0. The van der Waals surface area contributed by atoms with Crippen LogP contribution in [0.4, 0.5) is 0 Å². The number of aromatic amines is 1. The zero-order chi connectivity index (χ0) is 9.14. The molecule has 1 heterocycles. The SMILES string of the molecule is C=Cc1c(Br)c[nH]c(=O)c1C=C. The Labute approximate surface area is 78.8 Å². The molecule has 3 heteroatoms. The van der Waals surface area contributed by atoms with Crippen LogP contribution in [0.15, 0.2) is 28.6 Å². The predicted molar refractivity (Wildman–Crippen MR) is 54.9 cm³/mol. The molecule has 1 aromatic rings. The van der Waals surface area contributed by atoms with Gasteiger partial charge in [0.2, 0.25) is 0 Å². The minimum absolute atomic E-state index is 0.150. The summed E-state index contributed by atoms with van der Waals surface area (Å²) in [5, 5.41) is 0. The van der Waals surface area contributed by atoms with E-state index in [1.165, 1.54) is 6.08 Å². The average molecular weight is 226 g/mol. The van der Waals surface area contributed by atoms with Gasteiger partial charge in [0.25, 0.3) is 5.56 Å². The molecule has 0 spiro atoms. The van der Waals surface area contributed by atoms with Crippen molar-refractivity contribution in [2.24, 2.45) is 0 Å². The molecule has 0 fully saturated rings. The van der Waals surface area contributed by atoms with Gasteiger partial charge in [0.05, 0.1) is 0 Å². The molecular formula is C9H8BrNO. The second-order valence-corrected chi connectivity index (χ2v) is 3.06. The van der Waals surface area contributed by atoms with Crippen LogP contribution in [0.1, 0.15) is 11.1 Å². The van der Waals surface area contributed by atoms with E-state index in [4.69, 9.17) is 0 Å². The first-order valence-corrected chi connectivity index (χ1v) is 4.16. The van der Waals surface area contributed by atoms with E-state index in [0.29, 0.717) is 5.56 Å². The van der Waals surface area contributed by atoms with E-state index < -0.39 is 0 Å². The Hall–Kier alpha value is -1.09. The van der Waals surface area contributed by atoms with Crippen molar-refractivity contribution in [1.82, 2.24) is 4.98 Å². The summed E-state index contributed by atoms with van der Waals surface area (Å²) in [6.07, 6.45) is 4.73. The number of nitrogens with one attached hydrogen (secondary N) is 1. The number of hydrogen-bond donors (Lipinski definition) is 1. The molecule has 0 atom stereocenters. The van der Waals surface area contributed by atoms with Crippen LogP contribution in [0.3, 0.4) is 0 Å². The predicted octanol–water partition coefficient (Wildman–Crippen LogP) is 2.42. The van der Waals surface area contributed by atoms with Crippen LogP contribution >= 0.6 is 15.9 Å². The average Bonchev–Trinajstić information content (AvgIpc) is 2.08. The molecule has 1 rings (SSSR count). The van der Waals surface area contributed by atoms with Gasteiger partial charge in [0, 0.05) is 21.8 Å². The Morgan fingerprint density at radius 3 is 2.33 bits per heavy atom. The van der Waals surface area contributed by atoms with Crippen molar-refractivity contribution in [2.45, 2.75) is 0 Å². The van der Waals surface area contributed by atoms with Gasteiger partial charge < -0.3 is 4.98 Å². The second kappa shape index (κ2) is 3.54. The van der Waals surface area contributed by atoms with Gasteiger partial charge in [-0.1, -0.05) is 25.3 Å². The maximum Gasteiger partial charge on any atom is 0.255 e. The summed E-state index contributed by atoms with van der Waals surface area (Å²) >= 11 is 3.29. The van der Waals surface area contributed by atoms with E-state index in [2.05, 4.69) is 34.1 Å². The number of hydrogen-bond acceptors (Lipinski definition) is 1. The van der Waals surface area contributed by atoms with Gasteiger partial charge in [-0.05, 0) is 15.9 Å². The number of halogens is 1. The molecule has 0 aliphatic rings. The molecule has 0 aliphatic carbocycles. The molecular weight excluding hydrogens is 218 g/mol. The van der Waals surface area contributed by atoms with Crippen molar-refractivity contribution in [3.8, 4) is 0 Å². The third-order valence-electron chi connectivity index (χ3n) is 1.53. The van der Waals surface area contributed by atoms with Crippen molar-refractivity contribution >= 4 is 28.1 Å². The Morgan fingerprint density at radius 1 is 1.33 bits per heavy atom. The molecule has 0 saturated carbocycles. The molecule has 62 valence electrons. The Balaban J connectivity index is 3.59. The van der Waals surface area contributed by atoms with E-state index in [-0.39, 0.29) is 5.56 Å². The smallest absolute Gasteiger partial charge is 0.255 e. The summed E-state index contributed by atoms with van der Waals surface area (Å²) in [5.74, 6) is 0. The van der Waals surface area contributed by atoms with Crippen molar-refractivity contribution in [3.05, 3.63) is 45.3 Å².